The molecule has 0 spiro atoms. The van der Waals surface area contributed by atoms with E-state index in [4.69, 9.17) is 4.74 Å². The van der Waals surface area contributed by atoms with E-state index in [1.807, 2.05) is 0 Å². The molecule has 0 bridgehead atoms. The fourth-order valence-electron chi connectivity index (χ4n) is 1.35. The van der Waals surface area contributed by atoms with Crippen LogP contribution >= 0.6 is 0 Å². The smallest absolute Gasteiger partial charge is 0.0664 e. The highest BCUT2D eigenvalue weighted by atomic mass is 16.5. The van der Waals surface area contributed by atoms with Crippen molar-refractivity contribution in [2.45, 2.75) is 59.0 Å². The van der Waals surface area contributed by atoms with Crippen LogP contribution in [0.4, 0.5) is 0 Å². The predicted molar refractivity (Wildman–Crippen MR) is 62.7 cm³/mol. The Morgan fingerprint density at radius 2 is 1.79 bits per heavy atom. The molecule has 0 radical (unpaired) electrons. The minimum Gasteiger partial charge on any atom is -0.375 e. The van der Waals surface area contributed by atoms with E-state index in [1.165, 1.54) is 6.42 Å². The third-order valence-corrected chi connectivity index (χ3v) is 2.66. The van der Waals surface area contributed by atoms with E-state index in [9.17, 15) is 0 Å². The molecule has 0 amide bonds. The molecule has 2 nitrogen and oxygen atoms in total. The van der Waals surface area contributed by atoms with Gasteiger partial charge in [0, 0.05) is 6.61 Å². The minimum atomic E-state index is 0.0801. The van der Waals surface area contributed by atoms with Crippen molar-refractivity contribution in [3.8, 4) is 0 Å². The van der Waals surface area contributed by atoms with Crippen LogP contribution in [0.25, 0.3) is 0 Å². The van der Waals surface area contributed by atoms with Gasteiger partial charge in [-0.05, 0) is 45.7 Å². The summed E-state index contributed by atoms with van der Waals surface area (Å²) in [6.07, 6.45) is 4.53. The Morgan fingerprint density at radius 1 is 1.07 bits per heavy atom. The van der Waals surface area contributed by atoms with Gasteiger partial charge in [0.25, 0.3) is 0 Å². The Kier molecular flexibility index (Phi) is 8.20. The van der Waals surface area contributed by atoms with Gasteiger partial charge in [0.05, 0.1) is 5.60 Å². The van der Waals surface area contributed by atoms with Crippen LogP contribution in [0.5, 0.6) is 0 Å². The first-order chi connectivity index (χ1) is 6.68. The number of rotatable bonds is 9. The molecule has 0 aromatic carbocycles. The fourth-order valence-corrected chi connectivity index (χ4v) is 1.35. The summed E-state index contributed by atoms with van der Waals surface area (Å²) < 4.78 is 5.87. The van der Waals surface area contributed by atoms with Gasteiger partial charge in [0.1, 0.15) is 0 Å². The normalized spacial score (nSPS) is 15.4. The first-order valence-electron chi connectivity index (χ1n) is 6.03. The molecule has 0 aliphatic carbocycles. The molecule has 1 N–H and O–H groups in total. The number of hydrogen-bond donors (Lipinski definition) is 1. The molecule has 2 heteroatoms. The lowest BCUT2D eigenvalue weighted by molar-refractivity contribution is -0.0395. The van der Waals surface area contributed by atoms with Crippen LogP contribution in [0.2, 0.25) is 0 Å². The number of hydrogen-bond acceptors (Lipinski definition) is 2. The van der Waals surface area contributed by atoms with Gasteiger partial charge in [-0.2, -0.15) is 0 Å². The van der Waals surface area contributed by atoms with E-state index < -0.39 is 0 Å². The molecule has 86 valence electrons. The molecule has 1 atom stereocenters. The van der Waals surface area contributed by atoms with Crippen molar-refractivity contribution >= 4 is 0 Å². The Labute approximate surface area is 89.4 Å². The van der Waals surface area contributed by atoms with Gasteiger partial charge in [-0.1, -0.05) is 20.8 Å². The zero-order valence-corrected chi connectivity index (χ0v) is 10.4. The lowest BCUT2D eigenvalue weighted by Crippen LogP contribution is -2.33. The van der Waals surface area contributed by atoms with Crippen molar-refractivity contribution in [2.24, 2.45) is 0 Å². The van der Waals surface area contributed by atoms with Crippen LogP contribution in [0, 0.1) is 0 Å². The predicted octanol–water partition coefficient (Wildman–Crippen LogP) is 2.97. The van der Waals surface area contributed by atoms with Gasteiger partial charge in [0.2, 0.25) is 0 Å². The monoisotopic (exact) mass is 201 g/mol. The highest BCUT2D eigenvalue weighted by Crippen LogP contribution is 2.19. The summed E-state index contributed by atoms with van der Waals surface area (Å²) in [5, 5.41) is 3.42. The zero-order valence-electron chi connectivity index (χ0n) is 10.4. The molecule has 0 saturated carbocycles. The molecular weight excluding hydrogens is 174 g/mol. The highest BCUT2D eigenvalue weighted by molar-refractivity contribution is 4.74. The standard InChI is InChI=1S/C12H27NO/c1-5-9-13-10-8-12(4,7-3)14-11-6-2/h13H,5-11H2,1-4H3. The SMILES string of the molecule is CCCNCCC(C)(CC)OCCC. The third kappa shape index (κ3) is 6.39. The molecule has 0 aliphatic rings. The van der Waals surface area contributed by atoms with Crippen molar-refractivity contribution in [2.75, 3.05) is 19.7 Å². The molecule has 14 heavy (non-hydrogen) atoms. The number of ether oxygens (including phenoxy) is 1. The lowest BCUT2D eigenvalue weighted by atomic mass is 9.99. The van der Waals surface area contributed by atoms with Crippen LogP contribution in [0.1, 0.15) is 53.4 Å². The van der Waals surface area contributed by atoms with Gasteiger partial charge in [-0.3, -0.25) is 0 Å². The molecule has 0 aliphatic heterocycles. The summed E-state index contributed by atoms with van der Waals surface area (Å²) >= 11 is 0. The Bertz CT molecular complexity index is 127. The van der Waals surface area contributed by atoms with E-state index in [1.54, 1.807) is 0 Å². The van der Waals surface area contributed by atoms with Gasteiger partial charge >= 0.3 is 0 Å². The summed E-state index contributed by atoms with van der Waals surface area (Å²) in [6, 6.07) is 0. The summed E-state index contributed by atoms with van der Waals surface area (Å²) in [5.41, 5.74) is 0.0801. The molecule has 0 rings (SSSR count). The highest BCUT2D eigenvalue weighted by Gasteiger charge is 2.21. The quantitative estimate of drug-likeness (QED) is 0.579. The second kappa shape index (κ2) is 8.25. The van der Waals surface area contributed by atoms with Crippen molar-refractivity contribution in [3.05, 3.63) is 0 Å². The minimum absolute atomic E-state index is 0.0801. The van der Waals surface area contributed by atoms with Crippen LogP contribution in [-0.4, -0.2) is 25.3 Å². The fraction of sp³-hybridized carbons (Fsp3) is 1.00. The van der Waals surface area contributed by atoms with Gasteiger partial charge in [-0.25, -0.2) is 0 Å². The first-order valence-corrected chi connectivity index (χ1v) is 6.03. The molecule has 0 saturated heterocycles. The molecule has 0 aromatic heterocycles. The molecule has 0 heterocycles. The topological polar surface area (TPSA) is 21.3 Å². The van der Waals surface area contributed by atoms with Crippen LogP contribution in [0.15, 0.2) is 0 Å². The van der Waals surface area contributed by atoms with Crippen molar-refractivity contribution in [3.63, 3.8) is 0 Å². The Morgan fingerprint density at radius 3 is 2.29 bits per heavy atom. The van der Waals surface area contributed by atoms with E-state index >= 15 is 0 Å². The third-order valence-electron chi connectivity index (χ3n) is 2.66. The summed E-state index contributed by atoms with van der Waals surface area (Å²) in [4.78, 5) is 0. The maximum absolute atomic E-state index is 5.87. The van der Waals surface area contributed by atoms with E-state index in [0.29, 0.717) is 0 Å². The average molecular weight is 201 g/mol. The lowest BCUT2D eigenvalue weighted by Gasteiger charge is -2.28. The van der Waals surface area contributed by atoms with Crippen LogP contribution in [-0.2, 0) is 4.74 Å². The molecular formula is C12H27NO. The van der Waals surface area contributed by atoms with E-state index in [0.717, 1.165) is 39.0 Å². The van der Waals surface area contributed by atoms with Gasteiger partial charge in [0.15, 0.2) is 0 Å². The molecule has 0 aromatic rings. The number of nitrogens with one attached hydrogen (secondary N) is 1. The maximum atomic E-state index is 5.87. The first kappa shape index (κ1) is 13.9. The van der Waals surface area contributed by atoms with E-state index in [2.05, 4.69) is 33.0 Å². The van der Waals surface area contributed by atoms with Crippen molar-refractivity contribution in [1.29, 1.82) is 0 Å². The van der Waals surface area contributed by atoms with Gasteiger partial charge < -0.3 is 10.1 Å². The molecule has 1 unspecified atom stereocenters. The second-order valence-electron chi connectivity index (χ2n) is 4.15. The largest absolute Gasteiger partial charge is 0.375 e. The molecule has 0 fully saturated rings. The zero-order chi connectivity index (χ0) is 10.9. The second-order valence-corrected chi connectivity index (χ2v) is 4.15. The maximum Gasteiger partial charge on any atom is 0.0664 e. The summed E-state index contributed by atoms with van der Waals surface area (Å²) in [5.74, 6) is 0. The van der Waals surface area contributed by atoms with Crippen molar-refractivity contribution in [1.82, 2.24) is 5.32 Å². The van der Waals surface area contributed by atoms with E-state index in [-0.39, 0.29) is 5.60 Å². The van der Waals surface area contributed by atoms with Crippen molar-refractivity contribution < 1.29 is 4.74 Å². The summed E-state index contributed by atoms with van der Waals surface area (Å²) in [6.45, 7) is 11.9. The Balaban J connectivity index is 3.63. The van der Waals surface area contributed by atoms with Crippen LogP contribution in [0.3, 0.4) is 0 Å². The summed E-state index contributed by atoms with van der Waals surface area (Å²) in [7, 11) is 0. The van der Waals surface area contributed by atoms with Crippen LogP contribution < -0.4 is 5.32 Å². The van der Waals surface area contributed by atoms with Gasteiger partial charge in [-0.15, -0.1) is 0 Å². The average Bonchev–Trinajstić information content (AvgIpc) is 2.22. The Hall–Kier alpha value is -0.0800.